The Morgan fingerprint density at radius 1 is 1.14 bits per heavy atom. The monoisotopic (exact) mass is 517 g/mol. The van der Waals surface area contributed by atoms with Crippen molar-refractivity contribution in [3.05, 3.63) is 36.0 Å². The van der Waals surface area contributed by atoms with Crippen molar-refractivity contribution in [2.45, 2.75) is 62.9 Å². The Morgan fingerprint density at radius 2 is 1.84 bits per heavy atom. The minimum Gasteiger partial charge on any atom is -0.481 e. The number of aliphatic hydroxyl groups excluding tert-OH is 1. The summed E-state index contributed by atoms with van der Waals surface area (Å²) in [5.41, 5.74) is 7.70. The van der Waals surface area contributed by atoms with Crippen LogP contribution in [0.1, 0.15) is 31.7 Å². The highest BCUT2D eigenvalue weighted by molar-refractivity contribution is 5.96. The molecule has 0 radical (unpaired) electrons. The van der Waals surface area contributed by atoms with Gasteiger partial charge in [-0.25, -0.2) is 4.79 Å². The fourth-order valence-corrected chi connectivity index (χ4v) is 4.42. The maximum atomic E-state index is 13.0. The second-order valence-electron chi connectivity index (χ2n) is 9.08. The molecule has 1 aliphatic heterocycles. The number of carbonyl (C=O) groups excluding carboxylic acids is 3. The van der Waals surface area contributed by atoms with Gasteiger partial charge in [0.05, 0.1) is 18.6 Å². The van der Waals surface area contributed by atoms with E-state index < -0.39 is 66.4 Å². The molecule has 1 saturated heterocycles. The highest BCUT2D eigenvalue weighted by atomic mass is 16.4. The van der Waals surface area contributed by atoms with Crippen molar-refractivity contribution in [3.63, 3.8) is 0 Å². The van der Waals surface area contributed by atoms with Gasteiger partial charge in [0.15, 0.2) is 0 Å². The molecule has 8 N–H and O–H groups in total. The third-order valence-corrected chi connectivity index (χ3v) is 6.33. The molecule has 200 valence electrons. The number of aromatic nitrogens is 1. The molecule has 0 saturated carbocycles. The van der Waals surface area contributed by atoms with Crippen LogP contribution < -0.4 is 16.4 Å². The molecule has 5 unspecified atom stereocenters. The van der Waals surface area contributed by atoms with Gasteiger partial charge in [-0.15, -0.1) is 0 Å². The lowest BCUT2D eigenvalue weighted by Gasteiger charge is -2.29. The summed E-state index contributed by atoms with van der Waals surface area (Å²) in [6.07, 6.45) is 0.251. The number of aromatic amines is 1. The first-order valence-corrected chi connectivity index (χ1v) is 11.8. The molecule has 0 spiro atoms. The summed E-state index contributed by atoms with van der Waals surface area (Å²) in [5.74, 6) is -5.24. The Balaban J connectivity index is 1.69. The molecular weight excluding hydrogens is 486 g/mol. The highest BCUT2D eigenvalue weighted by Crippen LogP contribution is 2.20. The molecule has 37 heavy (non-hydrogen) atoms. The van der Waals surface area contributed by atoms with Crippen LogP contribution in [0.3, 0.4) is 0 Å². The summed E-state index contributed by atoms with van der Waals surface area (Å²) in [7, 11) is 0. The molecular formula is C24H31N5O8. The van der Waals surface area contributed by atoms with Gasteiger partial charge in [-0.1, -0.05) is 18.2 Å². The smallest absolute Gasteiger partial charge is 0.326 e. The molecule has 0 bridgehead atoms. The molecule has 3 amide bonds. The molecule has 1 aromatic heterocycles. The minimum absolute atomic E-state index is 0.0983. The Hall–Kier alpha value is -3.97. The summed E-state index contributed by atoms with van der Waals surface area (Å²) in [6, 6.07) is 2.09. The van der Waals surface area contributed by atoms with Crippen molar-refractivity contribution < 1.29 is 39.3 Å². The SMILES string of the molecule is CC(O)C(NC(=O)C(N)Cc1c[nH]c2ccccc12)C(=O)NC(CC(=O)O)C(=O)N1CCCC1C(=O)O. The summed E-state index contributed by atoms with van der Waals surface area (Å²) in [6.45, 7) is 1.34. The van der Waals surface area contributed by atoms with Gasteiger partial charge in [0, 0.05) is 23.6 Å². The van der Waals surface area contributed by atoms with E-state index in [0.717, 1.165) is 21.4 Å². The Bertz CT molecular complexity index is 1180. The zero-order valence-corrected chi connectivity index (χ0v) is 20.2. The molecule has 3 rings (SSSR count). The number of para-hydroxylation sites is 1. The predicted octanol–water partition coefficient (Wildman–Crippen LogP) is -1.06. The van der Waals surface area contributed by atoms with Crippen LogP contribution in [0, 0.1) is 0 Å². The number of H-pyrrole nitrogens is 1. The Morgan fingerprint density at radius 3 is 2.49 bits per heavy atom. The van der Waals surface area contributed by atoms with Crippen LogP contribution in [0.5, 0.6) is 0 Å². The molecule has 1 aliphatic rings. The normalized spacial score (nSPS) is 18.6. The van der Waals surface area contributed by atoms with E-state index in [9.17, 15) is 39.3 Å². The summed E-state index contributed by atoms with van der Waals surface area (Å²) >= 11 is 0. The van der Waals surface area contributed by atoms with Gasteiger partial charge >= 0.3 is 11.9 Å². The lowest BCUT2D eigenvalue weighted by Crippen LogP contribution is -2.60. The zero-order chi connectivity index (χ0) is 27.3. The molecule has 13 heteroatoms. The lowest BCUT2D eigenvalue weighted by molar-refractivity contribution is -0.150. The van der Waals surface area contributed by atoms with Crippen LogP contribution in [0.2, 0.25) is 0 Å². The number of carboxylic acids is 2. The number of rotatable bonds is 11. The fraction of sp³-hybridized carbons (Fsp3) is 0.458. The Kier molecular flexibility index (Phi) is 8.84. The average Bonchev–Trinajstić information content (AvgIpc) is 3.48. The van der Waals surface area contributed by atoms with E-state index in [-0.39, 0.29) is 19.4 Å². The molecule has 0 aliphatic carbocycles. The number of hydrogen-bond donors (Lipinski definition) is 7. The van der Waals surface area contributed by atoms with E-state index in [0.29, 0.717) is 6.42 Å². The third kappa shape index (κ3) is 6.62. The number of benzene rings is 1. The van der Waals surface area contributed by atoms with Crippen molar-refractivity contribution in [3.8, 4) is 0 Å². The molecule has 2 heterocycles. The van der Waals surface area contributed by atoms with Crippen molar-refractivity contribution >= 4 is 40.6 Å². The van der Waals surface area contributed by atoms with Crippen molar-refractivity contribution in [2.24, 2.45) is 5.73 Å². The number of nitrogens with zero attached hydrogens (tertiary/aromatic N) is 1. The van der Waals surface area contributed by atoms with Crippen LogP contribution in [0.15, 0.2) is 30.5 Å². The number of nitrogens with one attached hydrogen (secondary N) is 3. The number of aliphatic carboxylic acids is 2. The highest BCUT2D eigenvalue weighted by Gasteiger charge is 2.39. The standard InChI is InChI=1S/C24H31N5O8/c1-12(30)20(28-21(33)15(25)9-13-11-26-16-6-3-2-5-14(13)16)22(34)27-17(10-19(31)32)23(35)29-8-4-7-18(29)24(36)37/h2-3,5-6,11-12,15,17-18,20,26,30H,4,7-10,25H2,1H3,(H,27,34)(H,28,33)(H,31,32)(H,36,37). The van der Waals surface area contributed by atoms with Gasteiger partial charge in [0.1, 0.15) is 18.1 Å². The van der Waals surface area contributed by atoms with Crippen LogP contribution in [-0.2, 0) is 30.4 Å². The quantitative estimate of drug-likeness (QED) is 0.193. The van der Waals surface area contributed by atoms with Crippen molar-refractivity contribution in [1.29, 1.82) is 0 Å². The molecule has 5 atom stereocenters. The number of likely N-dealkylation sites (tertiary alicyclic amines) is 1. The first-order valence-electron chi connectivity index (χ1n) is 11.8. The van der Waals surface area contributed by atoms with Gasteiger partial charge in [-0.05, 0) is 37.8 Å². The van der Waals surface area contributed by atoms with Gasteiger partial charge in [0.2, 0.25) is 17.7 Å². The maximum Gasteiger partial charge on any atom is 0.326 e. The van der Waals surface area contributed by atoms with Gasteiger partial charge in [0.25, 0.3) is 0 Å². The van der Waals surface area contributed by atoms with E-state index in [2.05, 4.69) is 15.6 Å². The topological polar surface area (TPSA) is 215 Å². The number of nitrogens with two attached hydrogens (primary N) is 1. The van der Waals surface area contributed by atoms with E-state index in [1.807, 2.05) is 24.3 Å². The van der Waals surface area contributed by atoms with Crippen molar-refractivity contribution in [2.75, 3.05) is 6.54 Å². The number of amides is 3. The van der Waals surface area contributed by atoms with Crippen LogP contribution >= 0.6 is 0 Å². The second kappa shape index (κ2) is 11.8. The maximum absolute atomic E-state index is 13.0. The summed E-state index contributed by atoms with van der Waals surface area (Å²) in [4.78, 5) is 65.6. The van der Waals surface area contributed by atoms with Gasteiger partial charge in [-0.3, -0.25) is 19.2 Å². The number of aliphatic hydroxyl groups is 1. The number of hydrogen-bond acceptors (Lipinski definition) is 7. The van der Waals surface area contributed by atoms with Crippen LogP contribution in [-0.4, -0.2) is 91.7 Å². The third-order valence-electron chi connectivity index (χ3n) is 6.33. The van der Waals surface area contributed by atoms with E-state index >= 15 is 0 Å². The minimum atomic E-state index is -1.59. The fourth-order valence-electron chi connectivity index (χ4n) is 4.42. The number of carboxylic acid groups (broad SMARTS) is 2. The molecule has 1 fully saturated rings. The van der Waals surface area contributed by atoms with E-state index in [1.54, 1.807) is 6.20 Å². The second-order valence-corrected chi connectivity index (χ2v) is 9.08. The molecule has 2 aromatic rings. The number of carbonyl (C=O) groups is 5. The summed E-state index contributed by atoms with van der Waals surface area (Å²) < 4.78 is 0. The first kappa shape index (κ1) is 27.6. The number of fused-ring (bicyclic) bond motifs is 1. The van der Waals surface area contributed by atoms with Crippen LogP contribution in [0.4, 0.5) is 0 Å². The van der Waals surface area contributed by atoms with Crippen molar-refractivity contribution in [1.82, 2.24) is 20.5 Å². The molecule has 13 nitrogen and oxygen atoms in total. The average molecular weight is 518 g/mol. The Labute approximate surface area is 212 Å². The largest absolute Gasteiger partial charge is 0.481 e. The lowest BCUT2D eigenvalue weighted by atomic mass is 10.0. The first-order chi connectivity index (χ1) is 17.5. The predicted molar refractivity (Wildman–Crippen MR) is 130 cm³/mol. The summed E-state index contributed by atoms with van der Waals surface area (Å²) in [5, 5.41) is 34.3. The van der Waals surface area contributed by atoms with Crippen LogP contribution in [0.25, 0.3) is 10.9 Å². The van der Waals surface area contributed by atoms with Gasteiger partial charge in [-0.2, -0.15) is 0 Å². The zero-order valence-electron chi connectivity index (χ0n) is 20.2. The van der Waals surface area contributed by atoms with Gasteiger partial charge < -0.3 is 41.6 Å². The molecule has 1 aromatic carbocycles. The van der Waals surface area contributed by atoms with E-state index in [4.69, 9.17) is 5.73 Å². The van der Waals surface area contributed by atoms with E-state index in [1.165, 1.54) is 6.92 Å².